The van der Waals surface area contributed by atoms with Gasteiger partial charge in [-0.1, -0.05) is 18.2 Å². The molecule has 6 nitrogen and oxygen atoms in total. The van der Waals surface area contributed by atoms with Crippen molar-refractivity contribution in [1.29, 1.82) is 0 Å². The van der Waals surface area contributed by atoms with E-state index in [0.29, 0.717) is 18.0 Å². The molecule has 0 spiro atoms. The highest BCUT2D eigenvalue weighted by Gasteiger charge is 2.32. The largest absolute Gasteiger partial charge is 0.433 e. The van der Waals surface area contributed by atoms with E-state index in [-0.39, 0.29) is 0 Å². The molecule has 0 radical (unpaired) electrons. The number of anilines is 1. The zero-order chi connectivity index (χ0) is 20.9. The molecule has 1 aromatic carbocycles. The van der Waals surface area contributed by atoms with E-state index in [1.54, 1.807) is 11.6 Å². The molecule has 1 aliphatic heterocycles. The highest BCUT2D eigenvalue weighted by atomic mass is 32.2. The topological polar surface area (TPSA) is 68.7 Å². The number of halogens is 3. The molecule has 0 unspecified atom stereocenters. The van der Waals surface area contributed by atoms with E-state index in [1.165, 1.54) is 30.3 Å². The summed E-state index contributed by atoms with van der Waals surface area (Å²) in [7, 11) is 0. The number of aromatic nitrogens is 1. The second-order valence-corrected chi connectivity index (χ2v) is 7.42. The van der Waals surface area contributed by atoms with E-state index >= 15 is 0 Å². The number of hydroxylamine groups is 1. The summed E-state index contributed by atoms with van der Waals surface area (Å²) >= 11 is 1.38. The van der Waals surface area contributed by atoms with Crippen LogP contribution in [0.2, 0.25) is 0 Å². The Balaban J connectivity index is 1.60. The third-order valence-corrected chi connectivity index (χ3v) is 5.38. The molecular weight excluding hydrogens is 405 g/mol. The van der Waals surface area contributed by atoms with Gasteiger partial charge in [-0.3, -0.25) is 15.0 Å². The normalized spacial score (nSPS) is 15.7. The first kappa shape index (κ1) is 21.2. The van der Waals surface area contributed by atoms with E-state index in [0.717, 1.165) is 30.4 Å². The van der Waals surface area contributed by atoms with Crippen molar-refractivity contribution in [2.24, 2.45) is 0 Å². The number of para-hydroxylation sites is 1. The van der Waals surface area contributed by atoms with Crippen LogP contribution in [0.25, 0.3) is 6.08 Å². The molecule has 10 heteroatoms. The summed E-state index contributed by atoms with van der Waals surface area (Å²) in [4.78, 5) is 17.6. The molecule has 1 amide bonds. The highest BCUT2D eigenvalue weighted by molar-refractivity contribution is 7.97. The van der Waals surface area contributed by atoms with Crippen molar-refractivity contribution in [3.05, 3.63) is 59.9 Å². The summed E-state index contributed by atoms with van der Waals surface area (Å²) in [6, 6.07) is 10.0. The standard InChI is InChI=1S/C19H19F3N4O2S/c20-19(21,22)17-7-6-15(13-23-17)29-26-11-9-25(10-12-26)16-4-2-1-3-14(16)5-8-18(27)24-28/h1-8,13,28H,9-12H2,(H,24,27)/b8-5+. The Morgan fingerprint density at radius 1 is 1.14 bits per heavy atom. The van der Waals surface area contributed by atoms with Crippen LogP contribution < -0.4 is 10.4 Å². The van der Waals surface area contributed by atoms with E-state index in [2.05, 4.69) is 14.2 Å². The van der Waals surface area contributed by atoms with Gasteiger partial charge in [-0.25, -0.2) is 9.79 Å². The second kappa shape index (κ2) is 9.29. The third kappa shape index (κ3) is 5.72. The molecular formula is C19H19F3N4O2S. The summed E-state index contributed by atoms with van der Waals surface area (Å²) < 4.78 is 39.9. The monoisotopic (exact) mass is 424 g/mol. The smallest absolute Gasteiger partial charge is 0.368 e. The number of carbonyl (C=O) groups is 1. The predicted molar refractivity (Wildman–Crippen MR) is 104 cm³/mol. The highest BCUT2D eigenvalue weighted by Crippen LogP contribution is 2.31. The number of benzene rings is 1. The van der Waals surface area contributed by atoms with Gasteiger partial charge in [0.25, 0.3) is 5.91 Å². The molecule has 2 N–H and O–H groups in total. The maximum absolute atomic E-state index is 12.6. The number of hydrogen-bond donors (Lipinski definition) is 2. The van der Waals surface area contributed by atoms with Crippen LogP contribution in [0.4, 0.5) is 18.9 Å². The number of hydrogen-bond acceptors (Lipinski definition) is 6. The van der Waals surface area contributed by atoms with Gasteiger partial charge in [-0.2, -0.15) is 13.2 Å². The van der Waals surface area contributed by atoms with Crippen molar-refractivity contribution < 1.29 is 23.2 Å². The summed E-state index contributed by atoms with van der Waals surface area (Å²) in [5.74, 6) is -0.605. The van der Waals surface area contributed by atoms with Gasteiger partial charge < -0.3 is 4.90 Å². The predicted octanol–water partition coefficient (Wildman–Crippen LogP) is 3.45. The minimum atomic E-state index is -4.44. The van der Waals surface area contributed by atoms with Crippen LogP contribution in [0.1, 0.15) is 11.3 Å². The second-order valence-electron chi connectivity index (χ2n) is 6.25. The Bertz CT molecular complexity index is 867. The third-order valence-electron chi connectivity index (χ3n) is 4.30. The fourth-order valence-electron chi connectivity index (χ4n) is 2.89. The van der Waals surface area contributed by atoms with Crippen LogP contribution in [0.5, 0.6) is 0 Å². The lowest BCUT2D eigenvalue weighted by atomic mass is 10.1. The van der Waals surface area contributed by atoms with Crippen molar-refractivity contribution in [3.8, 4) is 0 Å². The molecule has 0 aliphatic carbocycles. The van der Waals surface area contributed by atoms with Crippen molar-refractivity contribution in [3.63, 3.8) is 0 Å². The Kier molecular flexibility index (Phi) is 6.78. The number of rotatable bonds is 5. The number of carbonyl (C=O) groups excluding carboxylic acids is 1. The Labute approximate surface area is 170 Å². The number of amides is 1. The van der Waals surface area contributed by atoms with Gasteiger partial charge >= 0.3 is 6.18 Å². The molecule has 3 rings (SSSR count). The van der Waals surface area contributed by atoms with Crippen molar-refractivity contribution in [2.45, 2.75) is 11.1 Å². The fraction of sp³-hybridized carbons (Fsp3) is 0.263. The average molecular weight is 424 g/mol. The van der Waals surface area contributed by atoms with Gasteiger partial charge in [0.2, 0.25) is 0 Å². The SMILES string of the molecule is O=C(/C=C/c1ccccc1N1CCN(Sc2ccc(C(F)(F)F)nc2)CC1)NO. The molecule has 1 saturated heterocycles. The van der Waals surface area contributed by atoms with Gasteiger partial charge in [0.1, 0.15) is 5.69 Å². The summed E-state index contributed by atoms with van der Waals surface area (Å²) in [6.45, 7) is 2.86. The number of piperazine rings is 1. The van der Waals surface area contributed by atoms with Crippen molar-refractivity contribution in [2.75, 3.05) is 31.1 Å². The molecule has 1 fully saturated rings. The Hall–Kier alpha value is -2.56. The van der Waals surface area contributed by atoms with E-state index < -0.39 is 17.8 Å². The molecule has 2 aromatic rings. The zero-order valence-electron chi connectivity index (χ0n) is 15.3. The van der Waals surface area contributed by atoms with Crippen LogP contribution in [0.15, 0.2) is 53.6 Å². The molecule has 154 valence electrons. The van der Waals surface area contributed by atoms with Crippen LogP contribution in [0.3, 0.4) is 0 Å². The molecule has 2 heterocycles. The maximum Gasteiger partial charge on any atom is 0.433 e. The van der Waals surface area contributed by atoms with Gasteiger partial charge in [-0.05, 0) is 41.8 Å². The van der Waals surface area contributed by atoms with Gasteiger partial charge in [0, 0.05) is 49.0 Å². The molecule has 0 saturated carbocycles. The quantitative estimate of drug-likeness (QED) is 0.332. The lowest BCUT2D eigenvalue weighted by Crippen LogP contribution is -2.43. The lowest BCUT2D eigenvalue weighted by Gasteiger charge is -2.36. The van der Waals surface area contributed by atoms with Crippen molar-refractivity contribution in [1.82, 2.24) is 14.8 Å². The maximum atomic E-state index is 12.6. The van der Waals surface area contributed by atoms with Crippen LogP contribution in [-0.4, -0.2) is 46.6 Å². The van der Waals surface area contributed by atoms with Gasteiger partial charge in [0.15, 0.2) is 0 Å². The number of nitrogens with zero attached hydrogens (tertiary/aromatic N) is 3. The molecule has 29 heavy (non-hydrogen) atoms. The minimum Gasteiger partial charge on any atom is -0.368 e. The fourth-order valence-corrected chi connectivity index (χ4v) is 3.76. The number of alkyl halides is 3. The van der Waals surface area contributed by atoms with Gasteiger partial charge in [0.05, 0.1) is 0 Å². The average Bonchev–Trinajstić information content (AvgIpc) is 2.72. The van der Waals surface area contributed by atoms with Crippen molar-refractivity contribution >= 4 is 29.6 Å². The number of pyridine rings is 1. The molecule has 0 bridgehead atoms. The first-order valence-corrected chi connectivity index (χ1v) is 9.56. The summed E-state index contributed by atoms with van der Waals surface area (Å²) in [5, 5.41) is 8.61. The minimum absolute atomic E-state index is 0.605. The van der Waals surface area contributed by atoms with Gasteiger partial charge in [-0.15, -0.1) is 0 Å². The van der Waals surface area contributed by atoms with Crippen LogP contribution in [0, 0.1) is 0 Å². The van der Waals surface area contributed by atoms with E-state index in [9.17, 15) is 18.0 Å². The van der Waals surface area contributed by atoms with E-state index in [4.69, 9.17) is 5.21 Å². The first-order valence-electron chi connectivity index (χ1n) is 8.79. The summed E-state index contributed by atoms with van der Waals surface area (Å²) in [5.41, 5.74) is 2.48. The molecule has 1 aliphatic rings. The number of nitrogens with one attached hydrogen (secondary N) is 1. The zero-order valence-corrected chi connectivity index (χ0v) is 16.1. The Morgan fingerprint density at radius 2 is 1.86 bits per heavy atom. The van der Waals surface area contributed by atoms with E-state index in [1.807, 2.05) is 24.3 Å². The first-order chi connectivity index (χ1) is 13.9. The van der Waals surface area contributed by atoms with Crippen LogP contribution in [-0.2, 0) is 11.0 Å². The molecule has 1 aromatic heterocycles. The van der Waals surface area contributed by atoms with Crippen LogP contribution >= 0.6 is 11.9 Å². The molecule has 0 atom stereocenters. The Morgan fingerprint density at radius 3 is 2.48 bits per heavy atom. The summed E-state index contributed by atoms with van der Waals surface area (Å²) in [6.07, 6.45) is -0.306. The lowest BCUT2D eigenvalue weighted by molar-refractivity contribution is -0.141.